The van der Waals surface area contributed by atoms with Crippen LogP contribution in [0, 0.1) is 0 Å². The predicted molar refractivity (Wildman–Crippen MR) is 83.0 cm³/mol. The molecule has 0 aromatic heterocycles. The van der Waals surface area contributed by atoms with Crippen molar-refractivity contribution in [3.05, 3.63) is 42.5 Å². The lowest BCUT2D eigenvalue weighted by atomic mass is 9.93. The molecule has 0 saturated heterocycles. The molecule has 2 aromatic carbocycles. The first-order chi connectivity index (χ1) is 9.68. The first-order valence-electron chi connectivity index (χ1n) is 7.19. The van der Waals surface area contributed by atoms with Crippen LogP contribution in [0.5, 0.6) is 5.75 Å². The Bertz CT molecular complexity index is 544. The number of rotatable bonds is 7. The van der Waals surface area contributed by atoms with Crippen LogP contribution in [0.2, 0.25) is 0 Å². The van der Waals surface area contributed by atoms with Crippen molar-refractivity contribution in [2.24, 2.45) is 5.73 Å². The molecule has 0 aliphatic heterocycles. The Labute approximate surface area is 120 Å². The Morgan fingerprint density at radius 2 is 1.90 bits per heavy atom. The van der Waals surface area contributed by atoms with Crippen molar-refractivity contribution in [3.8, 4) is 5.75 Å². The summed E-state index contributed by atoms with van der Waals surface area (Å²) in [6, 6.07) is 14.3. The predicted octanol–water partition coefficient (Wildman–Crippen LogP) is 3.10. The Balaban J connectivity index is 1.94. The molecule has 0 fully saturated rings. The molecule has 2 aromatic rings. The molecule has 1 unspecified atom stereocenters. The fourth-order valence-electron chi connectivity index (χ4n) is 2.30. The van der Waals surface area contributed by atoms with Crippen molar-refractivity contribution < 1.29 is 9.84 Å². The zero-order chi connectivity index (χ0) is 14.4. The van der Waals surface area contributed by atoms with Crippen molar-refractivity contribution in [1.82, 2.24) is 0 Å². The summed E-state index contributed by atoms with van der Waals surface area (Å²) in [5.74, 6) is 0.909. The highest BCUT2D eigenvalue weighted by molar-refractivity contribution is 5.88. The standard InChI is InChI=1S/C17H23NO2/c1-2-17(18,13-19)11-6-12-20-16-10-5-8-14-7-3-4-9-15(14)16/h3-5,7-10,19H,2,6,11-13,18H2,1H3. The highest BCUT2D eigenvalue weighted by atomic mass is 16.5. The molecule has 0 aliphatic carbocycles. The number of hydrogen-bond donors (Lipinski definition) is 2. The van der Waals surface area contributed by atoms with E-state index in [1.165, 1.54) is 5.39 Å². The first-order valence-corrected chi connectivity index (χ1v) is 7.19. The fraction of sp³-hybridized carbons (Fsp3) is 0.412. The molecule has 3 N–H and O–H groups in total. The largest absolute Gasteiger partial charge is 0.493 e. The van der Waals surface area contributed by atoms with Crippen molar-refractivity contribution in [2.45, 2.75) is 31.7 Å². The average Bonchev–Trinajstić information content (AvgIpc) is 2.51. The minimum atomic E-state index is -0.470. The number of ether oxygens (including phenoxy) is 1. The lowest BCUT2D eigenvalue weighted by Crippen LogP contribution is -2.43. The van der Waals surface area contributed by atoms with Gasteiger partial charge in [-0.15, -0.1) is 0 Å². The number of hydrogen-bond acceptors (Lipinski definition) is 3. The Morgan fingerprint density at radius 3 is 2.65 bits per heavy atom. The van der Waals surface area contributed by atoms with Crippen molar-refractivity contribution >= 4 is 10.8 Å². The van der Waals surface area contributed by atoms with Crippen LogP contribution in [0.25, 0.3) is 10.8 Å². The quantitative estimate of drug-likeness (QED) is 0.762. The van der Waals surface area contributed by atoms with Gasteiger partial charge in [-0.1, -0.05) is 43.3 Å². The zero-order valence-electron chi connectivity index (χ0n) is 12.0. The molecule has 0 spiro atoms. The molecule has 0 amide bonds. The van der Waals surface area contributed by atoms with Crippen molar-refractivity contribution in [1.29, 1.82) is 0 Å². The van der Waals surface area contributed by atoms with Crippen LogP contribution in [0.15, 0.2) is 42.5 Å². The third-order valence-corrected chi connectivity index (χ3v) is 3.85. The molecule has 2 rings (SSSR count). The molecule has 1 atom stereocenters. The van der Waals surface area contributed by atoms with E-state index in [4.69, 9.17) is 10.5 Å². The summed E-state index contributed by atoms with van der Waals surface area (Å²) < 4.78 is 5.87. The average molecular weight is 273 g/mol. The van der Waals surface area contributed by atoms with Gasteiger partial charge in [0.2, 0.25) is 0 Å². The number of fused-ring (bicyclic) bond motifs is 1. The van der Waals surface area contributed by atoms with Crippen LogP contribution in [-0.4, -0.2) is 23.9 Å². The van der Waals surface area contributed by atoms with Crippen LogP contribution in [-0.2, 0) is 0 Å². The Kier molecular flexibility index (Phi) is 4.99. The summed E-state index contributed by atoms with van der Waals surface area (Å²) in [6.07, 6.45) is 2.39. The Morgan fingerprint density at radius 1 is 1.15 bits per heavy atom. The maximum atomic E-state index is 9.28. The molecule has 0 heterocycles. The van der Waals surface area contributed by atoms with Gasteiger partial charge in [-0.05, 0) is 30.7 Å². The van der Waals surface area contributed by atoms with Gasteiger partial charge in [0.05, 0.1) is 13.2 Å². The Hall–Kier alpha value is -1.58. The van der Waals surface area contributed by atoms with Gasteiger partial charge >= 0.3 is 0 Å². The summed E-state index contributed by atoms with van der Waals surface area (Å²) in [5.41, 5.74) is 5.59. The molecule has 0 bridgehead atoms. The number of aliphatic hydroxyl groups excluding tert-OH is 1. The van der Waals surface area contributed by atoms with Gasteiger partial charge in [0.15, 0.2) is 0 Å². The van der Waals surface area contributed by atoms with E-state index < -0.39 is 5.54 Å². The topological polar surface area (TPSA) is 55.5 Å². The monoisotopic (exact) mass is 273 g/mol. The highest BCUT2D eigenvalue weighted by Crippen LogP contribution is 2.25. The second-order valence-corrected chi connectivity index (χ2v) is 5.30. The second-order valence-electron chi connectivity index (χ2n) is 5.30. The van der Waals surface area contributed by atoms with Gasteiger partial charge in [0.1, 0.15) is 5.75 Å². The molecule has 0 aliphatic rings. The zero-order valence-corrected chi connectivity index (χ0v) is 12.0. The number of benzene rings is 2. The van der Waals surface area contributed by atoms with Gasteiger partial charge in [-0.25, -0.2) is 0 Å². The lowest BCUT2D eigenvalue weighted by Gasteiger charge is -2.25. The number of nitrogens with two attached hydrogens (primary N) is 1. The third kappa shape index (κ3) is 3.50. The van der Waals surface area contributed by atoms with E-state index in [2.05, 4.69) is 18.2 Å². The molecule has 108 valence electrons. The van der Waals surface area contributed by atoms with E-state index in [-0.39, 0.29) is 6.61 Å². The third-order valence-electron chi connectivity index (χ3n) is 3.85. The minimum Gasteiger partial charge on any atom is -0.493 e. The molecule has 3 heteroatoms. The van der Waals surface area contributed by atoms with Gasteiger partial charge in [0.25, 0.3) is 0 Å². The lowest BCUT2D eigenvalue weighted by molar-refractivity contribution is 0.172. The van der Waals surface area contributed by atoms with Crippen LogP contribution in [0.1, 0.15) is 26.2 Å². The van der Waals surface area contributed by atoms with Gasteiger partial charge in [-0.3, -0.25) is 0 Å². The van der Waals surface area contributed by atoms with E-state index in [1.807, 2.05) is 31.2 Å². The molecule has 20 heavy (non-hydrogen) atoms. The maximum Gasteiger partial charge on any atom is 0.127 e. The van der Waals surface area contributed by atoms with Gasteiger partial charge in [0, 0.05) is 10.9 Å². The smallest absolute Gasteiger partial charge is 0.127 e. The van der Waals surface area contributed by atoms with Crippen molar-refractivity contribution in [3.63, 3.8) is 0 Å². The van der Waals surface area contributed by atoms with Gasteiger partial charge in [-0.2, -0.15) is 0 Å². The van der Waals surface area contributed by atoms with Crippen molar-refractivity contribution in [2.75, 3.05) is 13.2 Å². The molecule has 0 saturated carbocycles. The van der Waals surface area contributed by atoms with E-state index in [9.17, 15) is 5.11 Å². The van der Waals surface area contributed by atoms with E-state index in [0.29, 0.717) is 6.61 Å². The van der Waals surface area contributed by atoms with E-state index >= 15 is 0 Å². The fourth-order valence-corrected chi connectivity index (χ4v) is 2.30. The maximum absolute atomic E-state index is 9.28. The summed E-state index contributed by atoms with van der Waals surface area (Å²) in [5, 5.41) is 11.6. The molecular weight excluding hydrogens is 250 g/mol. The minimum absolute atomic E-state index is 0.0256. The summed E-state index contributed by atoms with van der Waals surface area (Å²) >= 11 is 0. The highest BCUT2D eigenvalue weighted by Gasteiger charge is 2.20. The molecule has 3 nitrogen and oxygen atoms in total. The molecular formula is C17H23NO2. The van der Waals surface area contributed by atoms with Crippen LogP contribution >= 0.6 is 0 Å². The van der Waals surface area contributed by atoms with Crippen LogP contribution < -0.4 is 10.5 Å². The summed E-state index contributed by atoms with van der Waals surface area (Å²) in [6.45, 7) is 2.65. The summed E-state index contributed by atoms with van der Waals surface area (Å²) in [4.78, 5) is 0. The van der Waals surface area contributed by atoms with Gasteiger partial charge < -0.3 is 15.6 Å². The first kappa shape index (κ1) is 14.8. The number of aliphatic hydroxyl groups is 1. The SMILES string of the molecule is CCC(N)(CO)CCCOc1cccc2ccccc12. The van der Waals surface area contributed by atoms with Crippen LogP contribution in [0.3, 0.4) is 0 Å². The van der Waals surface area contributed by atoms with E-state index in [0.717, 1.165) is 30.4 Å². The molecule has 0 radical (unpaired) electrons. The second kappa shape index (κ2) is 6.73. The normalized spacial score (nSPS) is 14.2. The van der Waals surface area contributed by atoms with Crippen LogP contribution in [0.4, 0.5) is 0 Å². The van der Waals surface area contributed by atoms with E-state index in [1.54, 1.807) is 0 Å². The summed E-state index contributed by atoms with van der Waals surface area (Å²) in [7, 11) is 0.